The molecule has 8 heteroatoms. The molecule has 2 rings (SSSR count). The van der Waals surface area contributed by atoms with Crippen LogP contribution >= 0.6 is 0 Å². The third-order valence-corrected chi connectivity index (χ3v) is 2.71. The molecule has 0 saturated carbocycles. The van der Waals surface area contributed by atoms with Crippen LogP contribution in [0.1, 0.15) is 6.92 Å². The van der Waals surface area contributed by atoms with Gasteiger partial charge in [0.2, 0.25) is 5.91 Å². The van der Waals surface area contributed by atoms with Crippen molar-refractivity contribution in [3.8, 4) is 11.5 Å². The van der Waals surface area contributed by atoms with Gasteiger partial charge in [-0.25, -0.2) is 4.98 Å². The van der Waals surface area contributed by atoms with Crippen LogP contribution in [0.4, 0.5) is 17.2 Å². The van der Waals surface area contributed by atoms with Crippen LogP contribution in [-0.4, -0.2) is 22.9 Å². The first-order valence-corrected chi connectivity index (χ1v) is 6.37. The molecule has 0 saturated heterocycles. The molecule has 22 heavy (non-hydrogen) atoms. The summed E-state index contributed by atoms with van der Waals surface area (Å²) in [7, 11) is 1.59. The molecule has 2 aromatic rings. The van der Waals surface area contributed by atoms with E-state index in [1.807, 2.05) is 0 Å². The Morgan fingerprint density at radius 1 is 1.27 bits per heavy atom. The summed E-state index contributed by atoms with van der Waals surface area (Å²) in [6.07, 6.45) is 1.49. The number of nitrogens with zero attached hydrogens (tertiary/aromatic N) is 2. The highest BCUT2D eigenvalue weighted by molar-refractivity contribution is 5.87. The lowest BCUT2D eigenvalue weighted by Gasteiger charge is -2.09. The van der Waals surface area contributed by atoms with E-state index in [4.69, 9.17) is 4.74 Å². The number of nitro groups is 1. The van der Waals surface area contributed by atoms with Crippen molar-refractivity contribution >= 4 is 23.1 Å². The average Bonchev–Trinajstić information content (AvgIpc) is 2.46. The number of carbonyl (C=O) groups excluding carboxylic acids is 1. The second-order valence-electron chi connectivity index (χ2n) is 4.35. The molecule has 8 nitrogen and oxygen atoms in total. The molecule has 0 spiro atoms. The number of anilines is 2. The van der Waals surface area contributed by atoms with Gasteiger partial charge in [-0.2, -0.15) is 0 Å². The summed E-state index contributed by atoms with van der Waals surface area (Å²) >= 11 is 0. The number of hydrogen-bond donors (Lipinski definition) is 2. The molecule has 0 aliphatic rings. The lowest BCUT2D eigenvalue weighted by Crippen LogP contribution is -2.07. The van der Waals surface area contributed by atoms with Crippen LogP contribution < -0.4 is 15.4 Å². The fourth-order valence-electron chi connectivity index (χ4n) is 1.80. The van der Waals surface area contributed by atoms with Crippen LogP contribution in [0, 0.1) is 10.1 Å². The first kappa shape index (κ1) is 15.2. The van der Waals surface area contributed by atoms with Crippen molar-refractivity contribution in [3.05, 3.63) is 46.6 Å². The highest BCUT2D eigenvalue weighted by Gasteiger charge is 2.13. The molecule has 114 valence electrons. The monoisotopic (exact) mass is 302 g/mol. The highest BCUT2D eigenvalue weighted by Crippen LogP contribution is 2.31. The quantitative estimate of drug-likeness (QED) is 0.649. The SMILES string of the molecule is CNc1cc(Oc2ccnc(NC(C)=O)c2)ccc1[N+](=O)[O-]. The minimum absolute atomic E-state index is 0.0384. The van der Waals surface area contributed by atoms with Gasteiger partial charge < -0.3 is 15.4 Å². The van der Waals surface area contributed by atoms with Gasteiger partial charge in [0, 0.05) is 38.4 Å². The summed E-state index contributed by atoms with van der Waals surface area (Å²) < 4.78 is 5.62. The molecule has 0 atom stereocenters. The Morgan fingerprint density at radius 2 is 2.00 bits per heavy atom. The molecule has 0 fully saturated rings. The van der Waals surface area contributed by atoms with Gasteiger partial charge in [0.25, 0.3) is 5.69 Å². The normalized spacial score (nSPS) is 9.91. The Kier molecular flexibility index (Phi) is 4.52. The Labute approximate surface area is 126 Å². The molecule has 1 aromatic carbocycles. The van der Waals surface area contributed by atoms with Crippen molar-refractivity contribution in [2.45, 2.75) is 6.92 Å². The number of rotatable bonds is 5. The second-order valence-corrected chi connectivity index (χ2v) is 4.35. The number of ether oxygens (including phenoxy) is 1. The molecule has 1 amide bonds. The zero-order chi connectivity index (χ0) is 16.1. The standard InChI is InChI=1S/C14H14N4O4/c1-9(19)17-14-8-11(5-6-16-14)22-10-3-4-13(18(20)21)12(7-10)15-2/h3-8,15H,1-2H3,(H,16,17,19). The van der Waals surface area contributed by atoms with Crippen LogP contribution in [0.2, 0.25) is 0 Å². The van der Waals surface area contributed by atoms with Crippen LogP contribution in [0.25, 0.3) is 0 Å². The van der Waals surface area contributed by atoms with Crippen LogP contribution in [0.15, 0.2) is 36.5 Å². The molecule has 1 aromatic heterocycles. The summed E-state index contributed by atoms with van der Waals surface area (Å²) in [5, 5.41) is 16.2. The van der Waals surface area contributed by atoms with Gasteiger partial charge in [0.05, 0.1) is 4.92 Å². The van der Waals surface area contributed by atoms with Gasteiger partial charge in [-0.15, -0.1) is 0 Å². The molecule has 0 bridgehead atoms. The fourth-order valence-corrected chi connectivity index (χ4v) is 1.80. The van der Waals surface area contributed by atoms with E-state index in [-0.39, 0.29) is 11.6 Å². The third kappa shape index (κ3) is 3.69. The maximum absolute atomic E-state index is 11.0. The van der Waals surface area contributed by atoms with Crippen molar-refractivity contribution in [1.29, 1.82) is 0 Å². The van der Waals surface area contributed by atoms with Crippen LogP contribution in [0.5, 0.6) is 11.5 Å². The van der Waals surface area contributed by atoms with Gasteiger partial charge >= 0.3 is 0 Å². The Bertz CT molecular complexity index is 718. The predicted molar refractivity (Wildman–Crippen MR) is 81.3 cm³/mol. The summed E-state index contributed by atoms with van der Waals surface area (Å²) in [6.45, 7) is 1.38. The molecular weight excluding hydrogens is 288 g/mol. The maximum Gasteiger partial charge on any atom is 0.292 e. The molecule has 0 aliphatic carbocycles. The number of pyridine rings is 1. The average molecular weight is 302 g/mol. The summed E-state index contributed by atoms with van der Waals surface area (Å²) in [5.74, 6) is 1.00. The largest absolute Gasteiger partial charge is 0.457 e. The Morgan fingerprint density at radius 3 is 2.64 bits per heavy atom. The summed E-state index contributed by atoms with van der Waals surface area (Å²) in [4.78, 5) is 25.4. The molecular formula is C14H14N4O4. The third-order valence-electron chi connectivity index (χ3n) is 2.71. The lowest BCUT2D eigenvalue weighted by atomic mass is 10.2. The number of hydrogen-bond acceptors (Lipinski definition) is 6. The van der Waals surface area contributed by atoms with E-state index in [2.05, 4.69) is 15.6 Å². The Hall–Kier alpha value is -3.16. The second kappa shape index (κ2) is 6.53. The minimum Gasteiger partial charge on any atom is -0.457 e. The van der Waals surface area contributed by atoms with E-state index in [9.17, 15) is 14.9 Å². The summed E-state index contributed by atoms with van der Waals surface area (Å²) in [6, 6.07) is 7.55. The van der Waals surface area contributed by atoms with Crippen molar-refractivity contribution < 1.29 is 14.5 Å². The fraction of sp³-hybridized carbons (Fsp3) is 0.143. The van der Waals surface area contributed by atoms with Crippen LogP contribution in [0.3, 0.4) is 0 Å². The smallest absolute Gasteiger partial charge is 0.292 e. The number of nitrogens with one attached hydrogen (secondary N) is 2. The van der Waals surface area contributed by atoms with Gasteiger partial charge in [0.1, 0.15) is 23.0 Å². The number of amides is 1. The van der Waals surface area contributed by atoms with Gasteiger partial charge in [-0.05, 0) is 12.1 Å². The number of carbonyl (C=O) groups is 1. The van der Waals surface area contributed by atoms with Crippen molar-refractivity contribution in [2.75, 3.05) is 17.7 Å². The molecule has 0 radical (unpaired) electrons. The van der Waals surface area contributed by atoms with E-state index in [1.54, 1.807) is 19.2 Å². The zero-order valence-electron chi connectivity index (χ0n) is 12.0. The van der Waals surface area contributed by atoms with E-state index in [1.165, 1.54) is 31.3 Å². The van der Waals surface area contributed by atoms with Crippen molar-refractivity contribution in [3.63, 3.8) is 0 Å². The molecule has 1 heterocycles. The molecule has 2 N–H and O–H groups in total. The van der Waals surface area contributed by atoms with Gasteiger partial charge in [-0.3, -0.25) is 14.9 Å². The molecule has 0 unspecified atom stereocenters. The van der Waals surface area contributed by atoms with Crippen LogP contribution in [-0.2, 0) is 4.79 Å². The van der Waals surface area contributed by atoms with Gasteiger partial charge in [0.15, 0.2) is 0 Å². The first-order valence-electron chi connectivity index (χ1n) is 6.37. The maximum atomic E-state index is 11.0. The van der Waals surface area contributed by atoms with E-state index in [0.717, 1.165) is 0 Å². The highest BCUT2D eigenvalue weighted by atomic mass is 16.6. The molecule has 0 aliphatic heterocycles. The number of aromatic nitrogens is 1. The minimum atomic E-state index is -0.475. The van der Waals surface area contributed by atoms with E-state index in [0.29, 0.717) is 23.0 Å². The number of benzene rings is 1. The van der Waals surface area contributed by atoms with Crippen molar-refractivity contribution in [1.82, 2.24) is 4.98 Å². The van der Waals surface area contributed by atoms with Crippen molar-refractivity contribution in [2.24, 2.45) is 0 Å². The van der Waals surface area contributed by atoms with E-state index >= 15 is 0 Å². The van der Waals surface area contributed by atoms with E-state index < -0.39 is 4.92 Å². The van der Waals surface area contributed by atoms with Gasteiger partial charge in [-0.1, -0.05) is 0 Å². The topological polar surface area (TPSA) is 106 Å². The Balaban J connectivity index is 2.23. The number of nitro benzene ring substituents is 1. The predicted octanol–water partition coefficient (Wildman–Crippen LogP) is 2.78. The lowest BCUT2D eigenvalue weighted by molar-refractivity contribution is -0.384. The first-order chi connectivity index (χ1) is 10.5. The summed E-state index contributed by atoms with van der Waals surface area (Å²) in [5.41, 5.74) is 0.308. The zero-order valence-corrected chi connectivity index (χ0v) is 12.0.